The Kier molecular flexibility index (Phi) is 11.9. The molecule has 2 aliphatic carbocycles. The number of hydrogen-bond acceptors (Lipinski definition) is 7. The summed E-state index contributed by atoms with van der Waals surface area (Å²) >= 11 is 0. The van der Waals surface area contributed by atoms with Gasteiger partial charge in [-0.2, -0.15) is 0 Å². The van der Waals surface area contributed by atoms with E-state index in [4.69, 9.17) is 18.9 Å². The summed E-state index contributed by atoms with van der Waals surface area (Å²) in [5.74, 6) is 1.74. The first-order chi connectivity index (χ1) is 17.9. The maximum atomic E-state index is 11.6. The molecule has 0 aromatic rings. The van der Waals surface area contributed by atoms with Crippen LogP contribution in [0.15, 0.2) is 71.0 Å². The second-order valence-electron chi connectivity index (χ2n) is 10.9. The van der Waals surface area contributed by atoms with E-state index in [9.17, 15) is 15.0 Å². The van der Waals surface area contributed by atoms with Crippen molar-refractivity contribution in [2.75, 3.05) is 26.4 Å². The fourth-order valence-corrected chi connectivity index (χ4v) is 3.91. The van der Waals surface area contributed by atoms with E-state index in [2.05, 4.69) is 33.6 Å². The van der Waals surface area contributed by atoms with Gasteiger partial charge in [0, 0.05) is 11.0 Å². The summed E-state index contributed by atoms with van der Waals surface area (Å²) in [5, 5.41) is 20.7. The van der Waals surface area contributed by atoms with E-state index < -0.39 is 23.6 Å². The van der Waals surface area contributed by atoms with E-state index >= 15 is 0 Å². The van der Waals surface area contributed by atoms with Crippen LogP contribution >= 0.6 is 0 Å². The highest BCUT2D eigenvalue weighted by atomic mass is 16.5. The van der Waals surface area contributed by atoms with Gasteiger partial charge in [0.25, 0.3) is 0 Å². The fraction of sp³-hybridized carbons (Fsp3) is 0.581. The van der Waals surface area contributed by atoms with Crippen LogP contribution in [0.3, 0.4) is 0 Å². The molecule has 0 radical (unpaired) electrons. The van der Waals surface area contributed by atoms with E-state index in [1.54, 1.807) is 6.92 Å². The van der Waals surface area contributed by atoms with Gasteiger partial charge in [0.15, 0.2) is 0 Å². The normalized spacial score (nSPS) is 16.2. The summed E-state index contributed by atoms with van der Waals surface area (Å²) in [6, 6.07) is 0. The first kappa shape index (κ1) is 31.4. The Morgan fingerprint density at radius 2 is 1.32 bits per heavy atom. The molecule has 212 valence electrons. The monoisotopic (exact) mass is 530 g/mol. The minimum atomic E-state index is -0.961. The minimum absolute atomic E-state index is 0.00949. The Hall–Kier alpha value is -2.77. The van der Waals surface area contributed by atoms with Crippen LogP contribution < -0.4 is 0 Å². The number of esters is 1. The van der Waals surface area contributed by atoms with Crippen molar-refractivity contribution < 1.29 is 34.0 Å². The summed E-state index contributed by atoms with van der Waals surface area (Å²) in [5.41, 5.74) is 3.96. The first-order valence-corrected chi connectivity index (χ1v) is 13.4. The molecule has 0 aromatic heterocycles. The number of aliphatic hydroxyl groups excluding tert-OH is 2. The van der Waals surface area contributed by atoms with Crippen molar-refractivity contribution in [1.82, 2.24) is 0 Å². The average molecular weight is 531 g/mol. The summed E-state index contributed by atoms with van der Waals surface area (Å²) < 4.78 is 22.9. The van der Waals surface area contributed by atoms with Gasteiger partial charge < -0.3 is 29.2 Å². The van der Waals surface area contributed by atoms with Gasteiger partial charge in [0.1, 0.15) is 50.2 Å². The highest BCUT2D eigenvalue weighted by Gasteiger charge is 2.31. The van der Waals surface area contributed by atoms with Crippen LogP contribution in [-0.2, 0) is 23.7 Å². The van der Waals surface area contributed by atoms with Crippen molar-refractivity contribution in [3.63, 3.8) is 0 Å². The Morgan fingerprint density at radius 1 is 0.842 bits per heavy atom. The first-order valence-electron chi connectivity index (χ1n) is 13.4. The van der Waals surface area contributed by atoms with Crippen LogP contribution in [0.2, 0.25) is 0 Å². The van der Waals surface area contributed by atoms with Crippen LogP contribution in [0.1, 0.15) is 73.1 Å². The SMILES string of the molecule is C=C(C)C(=O)OCC(O)COC(C(=C)CC(C)(C)/C(=C/CC)OCC(O)COC(C(=C)C)=C1CC1)=C1CC1. The van der Waals surface area contributed by atoms with Crippen LogP contribution in [-0.4, -0.2) is 54.8 Å². The van der Waals surface area contributed by atoms with Gasteiger partial charge >= 0.3 is 5.97 Å². The molecule has 38 heavy (non-hydrogen) atoms. The Labute approximate surface area is 228 Å². The molecule has 0 heterocycles. The van der Waals surface area contributed by atoms with Gasteiger partial charge in [-0.3, -0.25) is 0 Å². The predicted octanol–water partition coefficient (Wildman–Crippen LogP) is 5.82. The van der Waals surface area contributed by atoms with Gasteiger partial charge in [0.05, 0.1) is 5.76 Å². The molecule has 7 nitrogen and oxygen atoms in total. The highest BCUT2D eigenvalue weighted by molar-refractivity contribution is 5.86. The number of allylic oxidation sites excluding steroid dienone is 6. The van der Waals surface area contributed by atoms with Crippen LogP contribution in [0.4, 0.5) is 0 Å². The van der Waals surface area contributed by atoms with Crippen molar-refractivity contribution >= 4 is 5.97 Å². The minimum Gasteiger partial charge on any atom is -0.495 e. The Balaban J connectivity index is 1.91. The number of hydrogen-bond donors (Lipinski definition) is 2. The van der Waals surface area contributed by atoms with Crippen LogP contribution in [0.5, 0.6) is 0 Å². The third-order valence-electron chi connectivity index (χ3n) is 6.09. The van der Waals surface area contributed by atoms with Crippen molar-refractivity contribution in [2.45, 2.75) is 85.4 Å². The molecule has 2 aliphatic rings. The molecule has 0 aliphatic heterocycles. The van der Waals surface area contributed by atoms with E-state index in [-0.39, 0.29) is 32.0 Å². The molecule has 0 amide bonds. The molecule has 0 spiro atoms. The number of ether oxygens (including phenoxy) is 4. The summed E-state index contributed by atoms with van der Waals surface area (Å²) in [7, 11) is 0. The zero-order chi connectivity index (χ0) is 28.5. The number of carbonyl (C=O) groups is 1. The number of aliphatic hydroxyl groups is 2. The highest BCUT2D eigenvalue weighted by Crippen LogP contribution is 2.41. The van der Waals surface area contributed by atoms with Crippen LogP contribution in [0.25, 0.3) is 0 Å². The van der Waals surface area contributed by atoms with E-state index in [1.165, 1.54) is 5.57 Å². The third kappa shape index (κ3) is 10.5. The van der Waals surface area contributed by atoms with E-state index in [0.717, 1.165) is 60.3 Å². The summed E-state index contributed by atoms with van der Waals surface area (Å²) in [6.45, 7) is 21.5. The molecule has 2 unspecified atom stereocenters. The molecule has 0 saturated heterocycles. The molecular formula is C31H46O7. The Bertz CT molecular complexity index is 984. The maximum Gasteiger partial charge on any atom is 0.333 e. The largest absolute Gasteiger partial charge is 0.495 e. The lowest BCUT2D eigenvalue weighted by Gasteiger charge is -2.30. The van der Waals surface area contributed by atoms with Crippen molar-refractivity contribution in [3.8, 4) is 0 Å². The molecule has 2 rings (SSSR count). The van der Waals surface area contributed by atoms with Crippen molar-refractivity contribution in [2.24, 2.45) is 5.41 Å². The molecule has 0 aromatic carbocycles. The van der Waals surface area contributed by atoms with E-state index in [1.807, 2.05) is 19.9 Å². The fourth-order valence-electron chi connectivity index (χ4n) is 3.91. The molecule has 2 N–H and O–H groups in total. The second-order valence-corrected chi connectivity index (χ2v) is 10.9. The predicted molar refractivity (Wildman–Crippen MR) is 149 cm³/mol. The van der Waals surface area contributed by atoms with Gasteiger partial charge in [-0.25, -0.2) is 4.79 Å². The zero-order valence-electron chi connectivity index (χ0n) is 23.9. The van der Waals surface area contributed by atoms with Gasteiger partial charge in [0.2, 0.25) is 0 Å². The molecule has 7 heteroatoms. The topological polar surface area (TPSA) is 94.5 Å². The van der Waals surface area contributed by atoms with E-state index in [0.29, 0.717) is 12.2 Å². The summed E-state index contributed by atoms with van der Waals surface area (Å²) in [6.07, 6.45) is 5.54. The standard InChI is InChI=1S/C31H46O7/c1-9-10-27(35-16-25(32)17-36-28(20(2)3)23-11-12-23)31(7,8)15-22(6)29(24-13-14-24)37-18-26(33)19-38-30(34)21(4)5/h10,25-26,32-33H,2,4,6,9,11-19H2,1,3,5,7-8H3/b27-10-. The molecule has 0 bridgehead atoms. The lowest BCUT2D eigenvalue weighted by molar-refractivity contribution is -0.142. The average Bonchev–Trinajstić information content (AvgIpc) is 3.74. The van der Waals surface area contributed by atoms with Gasteiger partial charge in [-0.1, -0.05) is 40.5 Å². The lowest BCUT2D eigenvalue weighted by Crippen LogP contribution is -2.26. The summed E-state index contributed by atoms with van der Waals surface area (Å²) in [4.78, 5) is 11.6. The van der Waals surface area contributed by atoms with Crippen LogP contribution in [0, 0.1) is 5.41 Å². The quantitative estimate of drug-likeness (QED) is 0.131. The van der Waals surface area contributed by atoms with Gasteiger partial charge in [-0.05, 0) is 80.7 Å². The molecular weight excluding hydrogens is 484 g/mol. The molecule has 2 atom stereocenters. The lowest BCUT2D eigenvalue weighted by atomic mass is 9.82. The number of carbonyl (C=O) groups excluding carboxylic acids is 1. The van der Waals surface area contributed by atoms with Crippen molar-refractivity contribution in [1.29, 1.82) is 0 Å². The maximum absolute atomic E-state index is 11.6. The molecule has 2 saturated carbocycles. The van der Waals surface area contributed by atoms with Gasteiger partial charge in [-0.15, -0.1) is 0 Å². The second kappa shape index (κ2) is 14.4. The smallest absolute Gasteiger partial charge is 0.333 e. The zero-order valence-corrected chi connectivity index (χ0v) is 23.9. The number of rotatable bonds is 18. The van der Waals surface area contributed by atoms with Crippen molar-refractivity contribution in [3.05, 3.63) is 71.0 Å². The Morgan fingerprint density at radius 3 is 1.79 bits per heavy atom. The third-order valence-corrected chi connectivity index (χ3v) is 6.09. The molecule has 2 fully saturated rings.